The van der Waals surface area contributed by atoms with Crippen LogP contribution in [0.5, 0.6) is 5.75 Å². The Kier molecular flexibility index (Phi) is 5.37. The number of aromatic nitrogens is 1. The molecular weight excluding hydrogens is 280 g/mol. The Bertz CT molecular complexity index is 587. The Morgan fingerprint density at radius 3 is 2.62 bits per heavy atom. The zero-order chi connectivity index (χ0) is 15.4. The third-order valence-corrected chi connectivity index (χ3v) is 4.83. The maximum absolute atomic E-state index is 5.45. The van der Waals surface area contributed by atoms with Gasteiger partial charge in [-0.05, 0) is 44.5 Å². The number of methoxy groups -OCH3 is 1. The molecule has 2 aromatic rings. The number of rotatable bonds is 6. The maximum Gasteiger partial charge on any atom is 0.122 e. The Balaban J connectivity index is 2.25. The molecular formula is C17H24N2OS. The monoisotopic (exact) mass is 304 g/mol. The van der Waals surface area contributed by atoms with Crippen molar-refractivity contribution in [1.82, 2.24) is 10.3 Å². The molecule has 0 fully saturated rings. The number of thiazole rings is 1. The van der Waals surface area contributed by atoms with Crippen LogP contribution in [0.3, 0.4) is 0 Å². The zero-order valence-corrected chi connectivity index (χ0v) is 14.3. The number of aryl methyl sites for hydroxylation is 3. The van der Waals surface area contributed by atoms with Crippen molar-refractivity contribution in [2.75, 3.05) is 13.7 Å². The highest BCUT2D eigenvalue weighted by Crippen LogP contribution is 2.27. The van der Waals surface area contributed by atoms with Crippen LogP contribution in [0.15, 0.2) is 18.2 Å². The number of nitrogens with one attached hydrogen (secondary N) is 1. The lowest BCUT2D eigenvalue weighted by molar-refractivity contribution is 0.410. The van der Waals surface area contributed by atoms with Crippen molar-refractivity contribution in [3.05, 3.63) is 44.9 Å². The van der Waals surface area contributed by atoms with Crippen LogP contribution in [0.1, 0.15) is 39.7 Å². The van der Waals surface area contributed by atoms with Gasteiger partial charge in [-0.2, -0.15) is 0 Å². The van der Waals surface area contributed by atoms with Crippen LogP contribution in [0, 0.1) is 20.8 Å². The Hall–Kier alpha value is -1.39. The molecule has 0 spiro atoms. The largest absolute Gasteiger partial charge is 0.496 e. The summed E-state index contributed by atoms with van der Waals surface area (Å²) >= 11 is 1.79. The van der Waals surface area contributed by atoms with E-state index < -0.39 is 0 Å². The number of nitrogens with zero attached hydrogens (tertiary/aromatic N) is 1. The molecule has 0 aliphatic carbocycles. The second kappa shape index (κ2) is 7.05. The van der Waals surface area contributed by atoms with Gasteiger partial charge < -0.3 is 10.1 Å². The summed E-state index contributed by atoms with van der Waals surface area (Å²) in [5.74, 6) is 0.946. The van der Waals surface area contributed by atoms with E-state index in [-0.39, 0.29) is 6.04 Å². The van der Waals surface area contributed by atoms with Crippen molar-refractivity contribution in [3.63, 3.8) is 0 Å². The van der Waals surface area contributed by atoms with Crippen LogP contribution < -0.4 is 10.1 Å². The number of likely N-dealkylation sites (N-methyl/N-ethyl adjacent to an activating group) is 1. The first kappa shape index (κ1) is 16.0. The molecule has 1 N–H and O–H groups in total. The minimum atomic E-state index is 0.273. The van der Waals surface area contributed by atoms with Crippen LogP contribution in [0.2, 0.25) is 0 Å². The Morgan fingerprint density at radius 2 is 2.05 bits per heavy atom. The van der Waals surface area contributed by atoms with Crippen molar-refractivity contribution in [1.29, 1.82) is 0 Å². The molecule has 1 aromatic carbocycles. The topological polar surface area (TPSA) is 34.2 Å². The highest BCUT2D eigenvalue weighted by molar-refractivity contribution is 7.11. The summed E-state index contributed by atoms with van der Waals surface area (Å²) in [5.41, 5.74) is 3.56. The second-order valence-electron chi connectivity index (χ2n) is 5.29. The summed E-state index contributed by atoms with van der Waals surface area (Å²) in [6.45, 7) is 9.35. The summed E-state index contributed by atoms with van der Waals surface area (Å²) in [5, 5.41) is 4.75. The van der Waals surface area contributed by atoms with E-state index in [1.54, 1.807) is 18.4 Å². The number of hydrogen-bond donors (Lipinski definition) is 1. The van der Waals surface area contributed by atoms with Crippen molar-refractivity contribution in [3.8, 4) is 5.75 Å². The Morgan fingerprint density at radius 1 is 1.29 bits per heavy atom. The Labute approximate surface area is 131 Å². The highest BCUT2D eigenvalue weighted by atomic mass is 32.1. The molecule has 1 heterocycles. The third-order valence-electron chi connectivity index (χ3n) is 3.74. The molecule has 114 valence electrons. The predicted molar refractivity (Wildman–Crippen MR) is 89.4 cm³/mol. The first-order chi connectivity index (χ1) is 10.0. The molecule has 0 aliphatic rings. The fraction of sp³-hybridized carbons (Fsp3) is 0.471. The molecule has 1 aromatic heterocycles. The van der Waals surface area contributed by atoms with Gasteiger partial charge in [-0.25, -0.2) is 4.98 Å². The second-order valence-corrected chi connectivity index (χ2v) is 6.58. The fourth-order valence-electron chi connectivity index (χ4n) is 2.41. The van der Waals surface area contributed by atoms with Crippen molar-refractivity contribution in [2.45, 2.75) is 40.2 Å². The third kappa shape index (κ3) is 3.83. The van der Waals surface area contributed by atoms with E-state index in [9.17, 15) is 0 Å². The molecule has 0 aliphatic heterocycles. The number of benzene rings is 1. The van der Waals surface area contributed by atoms with Crippen LogP contribution in [-0.2, 0) is 6.42 Å². The SMILES string of the molecule is CCNC(Cc1nc(C)c(C)s1)c1ccc(C)c(OC)c1. The molecule has 1 unspecified atom stereocenters. The number of ether oxygens (including phenoxy) is 1. The summed E-state index contributed by atoms with van der Waals surface area (Å²) in [6.07, 6.45) is 0.916. The fourth-order valence-corrected chi connectivity index (χ4v) is 3.39. The van der Waals surface area contributed by atoms with E-state index in [1.807, 2.05) is 0 Å². The van der Waals surface area contributed by atoms with E-state index in [0.717, 1.165) is 30.0 Å². The van der Waals surface area contributed by atoms with Crippen LogP contribution in [-0.4, -0.2) is 18.6 Å². The quantitative estimate of drug-likeness (QED) is 0.877. The normalized spacial score (nSPS) is 12.4. The van der Waals surface area contributed by atoms with Gasteiger partial charge in [0.1, 0.15) is 5.75 Å². The lowest BCUT2D eigenvalue weighted by Crippen LogP contribution is -2.23. The summed E-state index contributed by atoms with van der Waals surface area (Å²) in [6, 6.07) is 6.71. The van der Waals surface area contributed by atoms with Crippen LogP contribution in [0.25, 0.3) is 0 Å². The van der Waals surface area contributed by atoms with Crippen LogP contribution >= 0.6 is 11.3 Å². The minimum absolute atomic E-state index is 0.273. The minimum Gasteiger partial charge on any atom is -0.496 e. The first-order valence-electron chi connectivity index (χ1n) is 7.36. The average Bonchev–Trinajstić information content (AvgIpc) is 2.77. The maximum atomic E-state index is 5.45. The van der Waals surface area contributed by atoms with Gasteiger partial charge in [-0.3, -0.25) is 0 Å². The smallest absolute Gasteiger partial charge is 0.122 e. The van der Waals surface area contributed by atoms with E-state index in [4.69, 9.17) is 4.74 Å². The molecule has 2 rings (SSSR count). The van der Waals surface area contributed by atoms with Gasteiger partial charge in [0.15, 0.2) is 0 Å². The lowest BCUT2D eigenvalue weighted by Gasteiger charge is -2.18. The predicted octanol–water partition coefficient (Wildman–Crippen LogP) is 3.97. The molecule has 0 amide bonds. The molecule has 4 heteroatoms. The molecule has 3 nitrogen and oxygen atoms in total. The van der Waals surface area contributed by atoms with Gasteiger partial charge in [0, 0.05) is 17.3 Å². The van der Waals surface area contributed by atoms with E-state index in [2.05, 4.69) is 56.2 Å². The number of hydrogen-bond acceptors (Lipinski definition) is 4. The van der Waals surface area contributed by atoms with Crippen LogP contribution in [0.4, 0.5) is 0 Å². The molecule has 0 bridgehead atoms. The molecule has 1 atom stereocenters. The summed E-state index contributed by atoms with van der Waals surface area (Å²) in [4.78, 5) is 5.97. The zero-order valence-electron chi connectivity index (χ0n) is 13.5. The van der Waals surface area contributed by atoms with Gasteiger partial charge in [0.2, 0.25) is 0 Å². The lowest BCUT2D eigenvalue weighted by atomic mass is 10.0. The molecule has 0 saturated heterocycles. The van der Waals surface area contributed by atoms with Crippen molar-refractivity contribution >= 4 is 11.3 Å². The van der Waals surface area contributed by atoms with Gasteiger partial charge in [-0.1, -0.05) is 19.1 Å². The molecule has 0 saturated carbocycles. The van der Waals surface area contributed by atoms with E-state index in [0.29, 0.717) is 0 Å². The first-order valence-corrected chi connectivity index (χ1v) is 8.17. The van der Waals surface area contributed by atoms with Gasteiger partial charge in [0.25, 0.3) is 0 Å². The molecule has 21 heavy (non-hydrogen) atoms. The summed E-state index contributed by atoms with van der Waals surface area (Å²) in [7, 11) is 1.72. The van der Waals surface area contributed by atoms with Gasteiger partial charge in [0.05, 0.1) is 17.8 Å². The van der Waals surface area contributed by atoms with E-state index in [1.165, 1.54) is 15.4 Å². The van der Waals surface area contributed by atoms with Crippen molar-refractivity contribution in [2.24, 2.45) is 0 Å². The van der Waals surface area contributed by atoms with Gasteiger partial charge in [-0.15, -0.1) is 11.3 Å². The van der Waals surface area contributed by atoms with Gasteiger partial charge >= 0.3 is 0 Å². The molecule has 0 radical (unpaired) electrons. The standard InChI is InChI=1S/C17H24N2OS/c1-6-18-15(10-17-19-12(3)13(4)21-17)14-8-7-11(2)16(9-14)20-5/h7-9,15,18H,6,10H2,1-5H3. The van der Waals surface area contributed by atoms with Crippen molar-refractivity contribution < 1.29 is 4.74 Å². The van der Waals surface area contributed by atoms with E-state index >= 15 is 0 Å². The average molecular weight is 304 g/mol. The summed E-state index contributed by atoms with van der Waals surface area (Å²) < 4.78 is 5.45. The highest BCUT2D eigenvalue weighted by Gasteiger charge is 2.15.